The molecule has 1 N–H and O–H groups in total. The Kier molecular flexibility index (Phi) is 3.87. The Morgan fingerprint density at radius 3 is 2.68 bits per heavy atom. The lowest BCUT2D eigenvalue weighted by atomic mass is 10.2. The van der Waals surface area contributed by atoms with Crippen LogP contribution in [0.5, 0.6) is 0 Å². The average Bonchev–Trinajstić information content (AvgIpc) is 2.86. The molecule has 6 heteroatoms. The molecule has 0 aromatic carbocycles. The predicted octanol–water partition coefficient (Wildman–Crippen LogP) is 2.57. The first-order valence-electron chi connectivity index (χ1n) is 7.57. The van der Waals surface area contributed by atoms with E-state index in [9.17, 15) is 4.79 Å². The topological polar surface area (TPSA) is 65.4 Å². The van der Waals surface area contributed by atoms with Crippen LogP contribution < -0.4 is 5.32 Å². The van der Waals surface area contributed by atoms with Crippen LogP contribution in [-0.4, -0.2) is 35.7 Å². The molecule has 2 unspecified atom stereocenters. The molecule has 1 saturated carbocycles. The summed E-state index contributed by atoms with van der Waals surface area (Å²) >= 11 is 1.53. The Morgan fingerprint density at radius 1 is 1.45 bits per heavy atom. The van der Waals surface area contributed by atoms with Crippen molar-refractivity contribution < 1.29 is 9.53 Å². The molecule has 1 aromatic heterocycles. The number of piperidine rings is 1. The Hall–Kier alpha value is -1.58. The lowest BCUT2D eigenvalue weighted by Gasteiger charge is -2.26. The van der Waals surface area contributed by atoms with E-state index in [0.29, 0.717) is 17.9 Å². The van der Waals surface area contributed by atoms with Crippen LogP contribution in [0.1, 0.15) is 30.5 Å². The van der Waals surface area contributed by atoms with Crippen LogP contribution in [0, 0.1) is 23.2 Å². The van der Waals surface area contributed by atoms with Gasteiger partial charge in [-0.25, -0.2) is 4.79 Å². The third-order valence-electron chi connectivity index (χ3n) is 4.13. The van der Waals surface area contributed by atoms with Crippen molar-refractivity contribution in [1.29, 1.82) is 5.26 Å². The van der Waals surface area contributed by atoms with Crippen LogP contribution in [0.2, 0.25) is 0 Å². The molecule has 118 valence electrons. The summed E-state index contributed by atoms with van der Waals surface area (Å²) < 4.78 is 5.41. The van der Waals surface area contributed by atoms with E-state index in [0.717, 1.165) is 24.5 Å². The lowest BCUT2D eigenvalue weighted by molar-refractivity contribution is 0.0269. The number of nitriles is 1. The molecule has 1 aromatic rings. The Balaban J connectivity index is 1.43. The van der Waals surface area contributed by atoms with Gasteiger partial charge in [0.2, 0.25) is 0 Å². The van der Waals surface area contributed by atoms with Gasteiger partial charge < -0.3 is 15.0 Å². The second-order valence-corrected chi connectivity index (χ2v) is 8.17. The highest BCUT2D eigenvalue weighted by atomic mass is 32.1. The summed E-state index contributed by atoms with van der Waals surface area (Å²) in [6, 6.07) is 6.51. The monoisotopic (exact) mass is 319 g/mol. The van der Waals surface area contributed by atoms with Crippen molar-refractivity contribution >= 4 is 17.4 Å². The number of carbonyl (C=O) groups is 1. The van der Waals surface area contributed by atoms with Gasteiger partial charge >= 0.3 is 6.09 Å². The van der Waals surface area contributed by atoms with Gasteiger partial charge in [0.1, 0.15) is 16.5 Å². The van der Waals surface area contributed by atoms with Gasteiger partial charge in [0, 0.05) is 30.6 Å². The average molecular weight is 319 g/mol. The van der Waals surface area contributed by atoms with E-state index >= 15 is 0 Å². The Bertz CT molecular complexity index is 602. The molecule has 3 rings (SSSR count). The summed E-state index contributed by atoms with van der Waals surface area (Å²) in [5.74, 6) is 1.09. The van der Waals surface area contributed by atoms with E-state index < -0.39 is 5.60 Å². The van der Waals surface area contributed by atoms with Crippen molar-refractivity contribution in [2.45, 2.75) is 39.0 Å². The first-order valence-corrected chi connectivity index (χ1v) is 8.39. The van der Waals surface area contributed by atoms with Crippen LogP contribution in [0.4, 0.5) is 4.79 Å². The number of amides is 1. The van der Waals surface area contributed by atoms with E-state index in [2.05, 4.69) is 11.4 Å². The fourth-order valence-corrected chi connectivity index (χ4v) is 3.81. The molecule has 0 spiro atoms. The zero-order valence-corrected chi connectivity index (χ0v) is 13.9. The second kappa shape index (κ2) is 5.56. The van der Waals surface area contributed by atoms with Gasteiger partial charge in [-0.15, -0.1) is 11.3 Å². The Labute approximate surface area is 134 Å². The summed E-state index contributed by atoms with van der Waals surface area (Å²) in [6.07, 6.45) is -0.199. The molecule has 5 nitrogen and oxygen atoms in total. The maximum atomic E-state index is 12.0. The van der Waals surface area contributed by atoms with Crippen molar-refractivity contribution in [1.82, 2.24) is 10.2 Å². The van der Waals surface area contributed by atoms with Crippen molar-refractivity contribution in [2.75, 3.05) is 13.1 Å². The smallest absolute Gasteiger partial charge is 0.410 e. The molecule has 2 atom stereocenters. The van der Waals surface area contributed by atoms with Crippen LogP contribution in [-0.2, 0) is 11.3 Å². The number of carbonyl (C=O) groups excluding carboxylic acids is 1. The van der Waals surface area contributed by atoms with Crippen molar-refractivity contribution in [3.05, 3.63) is 21.9 Å². The maximum absolute atomic E-state index is 12.0. The third kappa shape index (κ3) is 3.26. The molecule has 2 heterocycles. The molecule has 1 saturated heterocycles. The molecular formula is C16H21N3O2S. The highest BCUT2D eigenvalue weighted by Crippen LogP contribution is 2.46. The van der Waals surface area contributed by atoms with E-state index in [4.69, 9.17) is 10.00 Å². The fraction of sp³-hybridized carbons (Fsp3) is 0.625. The highest BCUT2D eigenvalue weighted by molar-refractivity contribution is 7.12. The van der Waals surface area contributed by atoms with Crippen molar-refractivity contribution in [3.63, 3.8) is 0 Å². The molecule has 1 aliphatic carbocycles. The van der Waals surface area contributed by atoms with Gasteiger partial charge in [-0.05, 0) is 44.7 Å². The molecule has 0 radical (unpaired) electrons. The number of likely N-dealkylation sites (tertiary alicyclic amines) is 1. The molecule has 22 heavy (non-hydrogen) atoms. The number of rotatable bonds is 3. The number of thiophene rings is 1. The number of nitrogens with one attached hydrogen (secondary N) is 1. The number of hydrogen-bond acceptors (Lipinski definition) is 5. The number of fused-ring (bicyclic) bond motifs is 1. The minimum Gasteiger partial charge on any atom is -0.444 e. The first kappa shape index (κ1) is 15.3. The van der Waals surface area contributed by atoms with Crippen LogP contribution in [0.25, 0.3) is 0 Å². The molecule has 1 aliphatic heterocycles. The zero-order chi connectivity index (χ0) is 15.9. The maximum Gasteiger partial charge on any atom is 0.410 e. The van der Waals surface area contributed by atoms with E-state index in [-0.39, 0.29) is 6.09 Å². The molecule has 2 aliphatic rings. The van der Waals surface area contributed by atoms with Crippen LogP contribution in [0.3, 0.4) is 0 Å². The highest BCUT2D eigenvalue weighted by Gasteiger charge is 2.56. The molecule has 1 amide bonds. The van der Waals surface area contributed by atoms with Gasteiger partial charge in [-0.2, -0.15) is 5.26 Å². The van der Waals surface area contributed by atoms with E-state index in [1.54, 1.807) is 0 Å². The minimum atomic E-state index is -0.431. The van der Waals surface area contributed by atoms with Crippen LogP contribution >= 0.6 is 11.3 Å². The third-order valence-corrected chi connectivity index (χ3v) is 5.12. The Morgan fingerprint density at radius 2 is 2.14 bits per heavy atom. The van der Waals surface area contributed by atoms with Crippen molar-refractivity contribution in [3.8, 4) is 6.07 Å². The summed E-state index contributed by atoms with van der Waals surface area (Å²) in [6.45, 7) is 8.04. The van der Waals surface area contributed by atoms with E-state index in [1.807, 2.05) is 37.8 Å². The molecule has 2 fully saturated rings. The first-order chi connectivity index (χ1) is 10.4. The molecule has 0 bridgehead atoms. The summed E-state index contributed by atoms with van der Waals surface area (Å²) in [5.41, 5.74) is -0.431. The number of nitrogens with zero attached hydrogens (tertiary/aromatic N) is 2. The lowest BCUT2D eigenvalue weighted by Crippen LogP contribution is -2.39. The summed E-state index contributed by atoms with van der Waals surface area (Å²) in [4.78, 5) is 15.8. The van der Waals surface area contributed by atoms with Crippen LogP contribution in [0.15, 0.2) is 12.1 Å². The standard InChI is InChI=1S/C16H21N3O2S/c1-16(2,3)21-15(20)19-8-12-13(9-19)14(12)18-7-11-5-4-10(6-17)22-11/h4-5,12-14,18H,7-9H2,1-3H3. The SMILES string of the molecule is CC(C)(C)OC(=O)N1CC2C(C1)C2NCc1ccc(C#N)s1. The van der Waals surface area contributed by atoms with Crippen molar-refractivity contribution in [2.24, 2.45) is 11.8 Å². The number of hydrogen-bond donors (Lipinski definition) is 1. The van der Waals surface area contributed by atoms with E-state index in [1.165, 1.54) is 16.2 Å². The van der Waals surface area contributed by atoms with Gasteiger partial charge in [-0.3, -0.25) is 0 Å². The quantitative estimate of drug-likeness (QED) is 0.930. The number of ether oxygens (including phenoxy) is 1. The fourth-order valence-electron chi connectivity index (χ4n) is 3.06. The summed E-state index contributed by atoms with van der Waals surface area (Å²) in [5, 5.41) is 12.4. The minimum absolute atomic E-state index is 0.199. The predicted molar refractivity (Wildman–Crippen MR) is 84.4 cm³/mol. The largest absolute Gasteiger partial charge is 0.444 e. The zero-order valence-electron chi connectivity index (χ0n) is 13.1. The molecular weight excluding hydrogens is 298 g/mol. The summed E-state index contributed by atoms with van der Waals surface area (Å²) in [7, 11) is 0. The van der Waals surface area contributed by atoms with Gasteiger partial charge in [0.25, 0.3) is 0 Å². The van der Waals surface area contributed by atoms with Gasteiger partial charge in [-0.1, -0.05) is 0 Å². The normalized spacial score (nSPS) is 26.5. The van der Waals surface area contributed by atoms with Gasteiger partial charge in [0.05, 0.1) is 0 Å². The second-order valence-electron chi connectivity index (χ2n) is 7.00. The van der Waals surface area contributed by atoms with Gasteiger partial charge in [0.15, 0.2) is 0 Å².